The van der Waals surface area contributed by atoms with Crippen molar-refractivity contribution in [2.45, 2.75) is 0 Å². The zero-order valence-corrected chi connectivity index (χ0v) is 12.3. The number of nitrogens with zero attached hydrogens (tertiary/aromatic N) is 1. The molecule has 1 aromatic carbocycles. The molecule has 0 fully saturated rings. The van der Waals surface area contributed by atoms with Crippen molar-refractivity contribution in [2.75, 3.05) is 0 Å². The summed E-state index contributed by atoms with van der Waals surface area (Å²) in [5.41, 5.74) is 1.79. The molecule has 5 heteroatoms. The van der Waals surface area contributed by atoms with Crippen LogP contribution in [0.2, 0.25) is 15.2 Å². The van der Waals surface area contributed by atoms with Crippen molar-refractivity contribution in [1.82, 2.24) is 4.98 Å². The number of hydrogen-bond acceptors (Lipinski definition) is 1. The maximum Gasteiger partial charge on any atom is 0.130 e. The summed E-state index contributed by atoms with van der Waals surface area (Å²) in [6, 6.07) is 7.12. The van der Waals surface area contributed by atoms with Crippen LogP contribution in [-0.2, 0) is 0 Å². The third-order valence-corrected chi connectivity index (χ3v) is 3.70. The van der Waals surface area contributed by atoms with E-state index in [1.165, 1.54) is 0 Å². The minimum atomic E-state index is 0.464. The Bertz CT molecular complexity index is 543. The van der Waals surface area contributed by atoms with Crippen molar-refractivity contribution in [3.63, 3.8) is 0 Å². The average Bonchev–Trinajstić information content (AvgIpc) is 2.22. The van der Waals surface area contributed by atoms with Gasteiger partial charge in [0.15, 0.2) is 0 Å². The SMILES string of the molecule is Clc1ccc(Cl)c(-c2cnc(Cl)cc2I)c1. The first kappa shape index (κ1) is 12.4. The monoisotopic (exact) mass is 383 g/mol. The number of halogens is 4. The van der Waals surface area contributed by atoms with Gasteiger partial charge in [0.1, 0.15) is 5.15 Å². The zero-order chi connectivity index (χ0) is 11.7. The van der Waals surface area contributed by atoms with Crippen LogP contribution < -0.4 is 0 Å². The number of aromatic nitrogens is 1. The van der Waals surface area contributed by atoms with Gasteiger partial charge in [0.05, 0.1) is 0 Å². The molecule has 2 aromatic rings. The fourth-order valence-corrected chi connectivity index (χ4v) is 2.77. The Morgan fingerprint density at radius 2 is 1.75 bits per heavy atom. The van der Waals surface area contributed by atoms with E-state index in [0.29, 0.717) is 15.2 Å². The van der Waals surface area contributed by atoms with Gasteiger partial charge >= 0.3 is 0 Å². The molecule has 1 aromatic heterocycles. The fraction of sp³-hybridized carbons (Fsp3) is 0. The minimum Gasteiger partial charge on any atom is -0.244 e. The number of benzene rings is 1. The third-order valence-electron chi connectivity index (χ3n) is 2.04. The first-order valence-corrected chi connectivity index (χ1v) is 6.55. The van der Waals surface area contributed by atoms with Crippen molar-refractivity contribution in [1.29, 1.82) is 0 Å². The highest BCUT2D eigenvalue weighted by Crippen LogP contribution is 2.33. The molecule has 1 nitrogen and oxygen atoms in total. The summed E-state index contributed by atoms with van der Waals surface area (Å²) in [7, 11) is 0. The van der Waals surface area contributed by atoms with Gasteiger partial charge in [-0.25, -0.2) is 4.98 Å². The molecular weight excluding hydrogens is 379 g/mol. The van der Waals surface area contributed by atoms with E-state index < -0.39 is 0 Å². The molecule has 0 saturated carbocycles. The van der Waals surface area contributed by atoms with Crippen LogP contribution in [0.4, 0.5) is 0 Å². The molecule has 0 atom stereocenters. The van der Waals surface area contributed by atoms with E-state index in [2.05, 4.69) is 27.6 Å². The van der Waals surface area contributed by atoms with Gasteiger partial charge in [0.2, 0.25) is 0 Å². The predicted octanol–water partition coefficient (Wildman–Crippen LogP) is 5.31. The van der Waals surface area contributed by atoms with E-state index in [4.69, 9.17) is 34.8 Å². The second-order valence-electron chi connectivity index (χ2n) is 3.11. The molecule has 0 radical (unpaired) electrons. The number of pyridine rings is 1. The number of hydrogen-bond donors (Lipinski definition) is 0. The van der Waals surface area contributed by atoms with Gasteiger partial charge in [0.25, 0.3) is 0 Å². The Hall–Kier alpha value is -0.0300. The van der Waals surface area contributed by atoms with E-state index in [1.807, 2.05) is 6.07 Å². The normalized spacial score (nSPS) is 10.5. The second kappa shape index (κ2) is 5.08. The molecule has 0 aliphatic carbocycles. The van der Waals surface area contributed by atoms with Crippen LogP contribution in [0.5, 0.6) is 0 Å². The lowest BCUT2D eigenvalue weighted by Crippen LogP contribution is -1.87. The van der Waals surface area contributed by atoms with Gasteiger partial charge < -0.3 is 0 Å². The Kier molecular flexibility index (Phi) is 3.95. The quantitative estimate of drug-likeness (QED) is 0.479. The van der Waals surface area contributed by atoms with Gasteiger partial charge in [0, 0.05) is 30.9 Å². The summed E-state index contributed by atoms with van der Waals surface area (Å²) >= 11 is 20.1. The molecule has 0 N–H and O–H groups in total. The van der Waals surface area contributed by atoms with Crippen LogP contribution in [0.3, 0.4) is 0 Å². The van der Waals surface area contributed by atoms with Crippen molar-refractivity contribution >= 4 is 57.4 Å². The van der Waals surface area contributed by atoms with Crippen LogP contribution >= 0.6 is 57.4 Å². The summed E-state index contributed by atoms with van der Waals surface area (Å²) in [4.78, 5) is 4.05. The molecule has 82 valence electrons. The van der Waals surface area contributed by atoms with E-state index in [-0.39, 0.29) is 0 Å². The van der Waals surface area contributed by atoms with E-state index in [9.17, 15) is 0 Å². The highest BCUT2D eigenvalue weighted by molar-refractivity contribution is 14.1. The Morgan fingerprint density at radius 1 is 1.00 bits per heavy atom. The average molecular weight is 384 g/mol. The molecule has 0 saturated heterocycles. The maximum atomic E-state index is 6.12. The lowest BCUT2D eigenvalue weighted by molar-refractivity contribution is 1.31. The summed E-state index contributed by atoms with van der Waals surface area (Å²) in [5, 5.41) is 1.75. The van der Waals surface area contributed by atoms with E-state index in [0.717, 1.165) is 14.7 Å². The molecule has 0 aliphatic heterocycles. The van der Waals surface area contributed by atoms with Crippen molar-refractivity contribution in [3.8, 4) is 11.1 Å². The predicted molar refractivity (Wildman–Crippen MR) is 77.4 cm³/mol. The van der Waals surface area contributed by atoms with Crippen LogP contribution in [0.25, 0.3) is 11.1 Å². The standard InChI is InChI=1S/C11H5Cl3IN/c12-6-1-2-9(13)7(3-6)8-5-16-11(14)4-10(8)15/h1-5H. The Labute approximate surface area is 122 Å². The highest BCUT2D eigenvalue weighted by atomic mass is 127. The van der Waals surface area contributed by atoms with Crippen LogP contribution in [0.1, 0.15) is 0 Å². The third kappa shape index (κ3) is 2.62. The second-order valence-corrected chi connectivity index (χ2v) is 5.50. The fourth-order valence-electron chi connectivity index (χ4n) is 1.31. The van der Waals surface area contributed by atoms with E-state index in [1.54, 1.807) is 24.4 Å². The van der Waals surface area contributed by atoms with Crippen LogP contribution in [0, 0.1) is 3.57 Å². The lowest BCUT2D eigenvalue weighted by atomic mass is 10.1. The van der Waals surface area contributed by atoms with Gasteiger partial charge in [-0.05, 0) is 46.9 Å². The largest absolute Gasteiger partial charge is 0.244 e. The summed E-state index contributed by atoms with van der Waals surface area (Å²) < 4.78 is 0.988. The summed E-state index contributed by atoms with van der Waals surface area (Å²) in [5.74, 6) is 0. The highest BCUT2D eigenvalue weighted by Gasteiger charge is 2.09. The molecule has 1 heterocycles. The Balaban J connectivity index is 2.62. The zero-order valence-electron chi connectivity index (χ0n) is 7.85. The molecule has 0 unspecified atom stereocenters. The molecule has 2 rings (SSSR count). The first-order chi connectivity index (χ1) is 7.58. The Morgan fingerprint density at radius 3 is 2.44 bits per heavy atom. The van der Waals surface area contributed by atoms with E-state index >= 15 is 0 Å². The van der Waals surface area contributed by atoms with Gasteiger partial charge in [-0.15, -0.1) is 0 Å². The summed E-state index contributed by atoms with van der Waals surface area (Å²) in [6.45, 7) is 0. The topological polar surface area (TPSA) is 12.9 Å². The van der Waals surface area contributed by atoms with Crippen LogP contribution in [-0.4, -0.2) is 4.98 Å². The van der Waals surface area contributed by atoms with Crippen molar-refractivity contribution in [2.24, 2.45) is 0 Å². The minimum absolute atomic E-state index is 0.464. The molecular formula is C11H5Cl3IN. The number of rotatable bonds is 1. The van der Waals surface area contributed by atoms with Crippen molar-refractivity contribution < 1.29 is 0 Å². The van der Waals surface area contributed by atoms with Crippen molar-refractivity contribution in [3.05, 3.63) is 49.2 Å². The van der Waals surface area contributed by atoms with Gasteiger partial charge in [-0.2, -0.15) is 0 Å². The van der Waals surface area contributed by atoms with Crippen LogP contribution in [0.15, 0.2) is 30.5 Å². The molecule has 16 heavy (non-hydrogen) atoms. The van der Waals surface area contributed by atoms with Gasteiger partial charge in [-0.1, -0.05) is 34.8 Å². The smallest absolute Gasteiger partial charge is 0.130 e. The molecule has 0 aliphatic rings. The molecule has 0 spiro atoms. The maximum absolute atomic E-state index is 6.12. The van der Waals surface area contributed by atoms with Gasteiger partial charge in [-0.3, -0.25) is 0 Å². The summed E-state index contributed by atoms with van der Waals surface area (Å²) in [6.07, 6.45) is 1.70. The molecule has 0 bridgehead atoms. The molecule has 0 amide bonds. The first-order valence-electron chi connectivity index (χ1n) is 4.34. The lowest BCUT2D eigenvalue weighted by Gasteiger charge is -2.07.